The second-order valence-corrected chi connectivity index (χ2v) is 4.68. The number of hydrogen-bond acceptors (Lipinski definition) is 3. The molecule has 0 aliphatic rings. The van der Waals surface area contributed by atoms with Gasteiger partial charge in [0.1, 0.15) is 11.8 Å². The number of amides is 1. The minimum atomic E-state index is -0.0652. The van der Waals surface area contributed by atoms with Gasteiger partial charge < -0.3 is 10.1 Å². The summed E-state index contributed by atoms with van der Waals surface area (Å²) in [7, 11) is 0. The molecule has 1 N–H and O–H groups in total. The van der Waals surface area contributed by atoms with Crippen LogP contribution in [0.25, 0.3) is 0 Å². The normalized spacial score (nSPS) is 9.71. The van der Waals surface area contributed by atoms with Crippen molar-refractivity contribution in [2.45, 2.75) is 13.3 Å². The van der Waals surface area contributed by atoms with Crippen LogP contribution in [0.2, 0.25) is 0 Å². The zero-order chi connectivity index (χ0) is 15.1. The summed E-state index contributed by atoms with van der Waals surface area (Å²) in [4.78, 5) is 11.9. The Morgan fingerprint density at radius 2 is 1.81 bits per heavy atom. The van der Waals surface area contributed by atoms with Crippen LogP contribution in [0, 0.1) is 18.3 Å². The highest BCUT2D eigenvalue weighted by atomic mass is 16.5. The molecule has 2 rings (SSSR count). The zero-order valence-corrected chi connectivity index (χ0v) is 11.8. The van der Waals surface area contributed by atoms with Gasteiger partial charge in [-0.05, 0) is 36.8 Å². The van der Waals surface area contributed by atoms with E-state index in [1.165, 1.54) is 5.56 Å². The molecule has 0 aliphatic carbocycles. The Labute approximate surface area is 124 Å². The highest BCUT2D eigenvalue weighted by Gasteiger charge is 2.04. The molecule has 0 atom stereocenters. The van der Waals surface area contributed by atoms with Gasteiger partial charge in [0.25, 0.3) is 0 Å². The number of benzene rings is 2. The predicted molar refractivity (Wildman–Crippen MR) is 81.1 cm³/mol. The fourth-order valence-electron chi connectivity index (χ4n) is 1.85. The zero-order valence-electron chi connectivity index (χ0n) is 11.8. The van der Waals surface area contributed by atoms with E-state index in [-0.39, 0.29) is 12.5 Å². The third-order valence-corrected chi connectivity index (χ3v) is 2.93. The molecule has 4 nitrogen and oxygen atoms in total. The van der Waals surface area contributed by atoms with Crippen molar-refractivity contribution >= 4 is 11.6 Å². The van der Waals surface area contributed by atoms with Crippen LogP contribution in [0.15, 0.2) is 48.5 Å². The highest BCUT2D eigenvalue weighted by molar-refractivity contribution is 5.92. The number of nitriles is 1. The Balaban J connectivity index is 1.90. The van der Waals surface area contributed by atoms with Crippen molar-refractivity contribution in [1.29, 1.82) is 5.26 Å². The summed E-state index contributed by atoms with van der Waals surface area (Å²) in [5, 5.41) is 11.3. The largest absolute Gasteiger partial charge is 0.479 e. The lowest BCUT2D eigenvalue weighted by Gasteiger charge is -2.07. The molecule has 0 bridgehead atoms. The quantitative estimate of drug-likeness (QED) is 0.915. The van der Waals surface area contributed by atoms with Gasteiger partial charge in [-0.3, -0.25) is 4.79 Å². The monoisotopic (exact) mass is 280 g/mol. The fourth-order valence-corrected chi connectivity index (χ4v) is 1.85. The third kappa shape index (κ3) is 4.66. The van der Waals surface area contributed by atoms with Gasteiger partial charge in [-0.25, -0.2) is 0 Å². The van der Waals surface area contributed by atoms with Crippen LogP contribution in [-0.2, 0) is 11.2 Å². The lowest BCUT2D eigenvalue weighted by molar-refractivity contribution is -0.115. The van der Waals surface area contributed by atoms with Gasteiger partial charge in [0.15, 0.2) is 6.61 Å². The highest BCUT2D eigenvalue weighted by Crippen LogP contribution is 2.16. The van der Waals surface area contributed by atoms with Crippen molar-refractivity contribution in [3.8, 4) is 11.8 Å². The van der Waals surface area contributed by atoms with E-state index >= 15 is 0 Å². The van der Waals surface area contributed by atoms with Crippen LogP contribution >= 0.6 is 0 Å². The predicted octanol–water partition coefficient (Wildman–Crippen LogP) is 3.08. The first-order chi connectivity index (χ1) is 10.2. The molecule has 0 unspecified atom stereocenters. The standard InChI is InChI=1S/C17H16N2O2/c1-13-2-4-14(5-3-13)12-17(20)19-15-6-8-16(9-7-15)21-11-10-18/h2-9H,11-12H2,1H3,(H,19,20). The van der Waals surface area contributed by atoms with Gasteiger partial charge in [-0.2, -0.15) is 5.26 Å². The lowest BCUT2D eigenvalue weighted by atomic mass is 10.1. The van der Waals surface area contributed by atoms with E-state index in [2.05, 4.69) is 5.32 Å². The average molecular weight is 280 g/mol. The Bertz CT molecular complexity index is 640. The van der Waals surface area contributed by atoms with Crippen molar-refractivity contribution in [2.75, 3.05) is 11.9 Å². The van der Waals surface area contributed by atoms with E-state index in [0.717, 1.165) is 5.56 Å². The van der Waals surface area contributed by atoms with Gasteiger partial charge >= 0.3 is 0 Å². The van der Waals surface area contributed by atoms with Crippen LogP contribution in [0.3, 0.4) is 0 Å². The number of aryl methyl sites for hydroxylation is 1. The van der Waals surface area contributed by atoms with E-state index in [1.807, 2.05) is 37.3 Å². The molecule has 0 aliphatic heterocycles. The molecule has 0 heterocycles. The first-order valence-electron chi connectivity index (χ1n) is 6.62. The second kappa shape index (κ2) is 7.11. The second-order valence-electron chi connectivity index (χ2n) is 4.68. The SMILES string of the molecule is Cc1ccc(CC(=O)Nc2ccc(OCC#N)cc2)cc1. The van der Waals surface area contributed by atoms with E-state index in [4.69, 9.17) is 10.00 Å². The van der Waals surface area contributed by atoms with Crippen molar-refractivity contribution in [1.82, 2.24) is 0 Å². The number of ether oxygens (including phenoxy) is 1. The molecule has 1 amide bonds. The lowest BCUT2D eigenvalue weighted by Crippen LogP contribution is -2.14. The van der Waals surface area contributed by atoms with Crippen LogP contribution in [0.5, 0.6) is 5.75 Å². The Morgan fingerprint density at radius 3 is 2.43 bits per heavy atom. The molecule has 2 aromatic carbocycles. The van der Waals surface area contributed by atoms with Crippen molar-refractivity contribution in [2.24, 2.45) is 0 Å². The maximum absolute atomic E-state index is 11.9. The molecule has 4 heteroatoms. The molecule has 0 spiro atoms. The van der Waals surface area contributed by atoms with Gasteiger partial charge in [0.05, 0.1) is 6.42 Å². The number of carbonyl (C=O) groups excluding carboxylic acids is 1. The Hall–Kier alpha value is -2.80. The molecule has 0 radical (unpaired) electrons. The van der Waals surface area contributed by atoms with Gasteiger partial charge in [0, 0.05) is 5.69 Å². The van der Waals surface area contributed by atoms with Crippen LogP contribution in [0.1, 0.15) is 11.1 Å². The molecule has 0 aromatic heterocycles. The average Bonchev–Trinajstić information content (AvgIpc) is 2.49. The molecular weight excluding hydrogens is 264 g/mol. The minimum Gasteiger partial charge on any atom is -0.479 e. The molecular formula is C17H16N2O2. The van der Waals surface area contributed by atoms with Crippen LogP contribution in [0.4, 0.5) is 5.69 Å². The van der Waals surface area contributed by atoms with Gasteiger partial charge in [-0.15, -0.1) is 0 Å². The molecule has 0 fully saturated rings. The Morgan fingerprint density at radius 1 is 1.14 bits per heavy atom. The maximum Gasteiger partial charge on any atom is 0.228 e. The number of anilines is 1. The number of carbonyl (C=O) groups is 1. The smallest absolute Gasteiger partial charge is 0.228 e. The topological polar surface area (TPSA) is 62.1 Å². The minimum absolute atomic E-state index is 0.0130. The van der Waals surface area contributed by atoms with E-state index in [9.17, 15) is 4.79 Å². The number of nitrogens with one attached hydrogen (secondary N) is 1. The number of hydrogen-bond donors (Lipinski definition) is 1. The molecule has 106 valence electrons. The van der Waals surface area contributed by atoms with E-state index in [0.29, 0.717) is 17.9 Å². The van der Waals surface area contributed by atoms with Gasteiger partial charge in [-0.1, -0.05) is 29.8 Å². The first kappa shape index (κ1) is 14.6. The van der Waals surface area contributed by atoms with Crippen molar-refractivity contribution in [3.63, 3.8) is 0 Å². The van der Waals surface area contributed by atoms with E-state index < -0.39 is 0 Å². The van der Waals surface area contributed by atoms with Crippen LogP contribution in [-0.4, -0.2) is 12.5 Å². The van der Waals surface area contributed by atoms with E-state index in [1.54, 1.807) is 24.3 Å². The summed E-state index contributed by atoms with van der Waals surface area (Å²) in [6.45, 7) is 2.03. The van der Waals surface area contributed by atoms with Crippen molar-refractivity contribution in [3.05, 3.63) is 59.7 Å². The number of rotatable bonds is 5. The first-order valence-corrected chi connectivity index (χ1v) is 6.62. The summed E-state index contributed by atoms with van der Waals surface area (Å²) in [5.74, 6) is 0.539. The fraction of sp³-hybridized carbons (Fsp3) is 0.176. The summed E-state index contributed by atoms with van der Waals surface area (Å²) in [6, 6.07) is 16.7. The van der Waals surface area contributed by atoms with Crippen molar-refractivity contribution < 1.29 is 9.53 Å². The summed E-state index contributed by atoms with van der Waals surface area (Å²) in [6.07, 6.45) is 0.340. The molecule has 2 aromatic rings. The molecule has 0 saturated carbocycles. The number of nitrogens with zero attached hydrogens (tertiary/aromatic N) is 1. The maximum atomic E-state index is 11.9. The van der Waals surface area contributed by atoms with Gasteiger partial charge in [0.2, 0.25) is 5.91 Å². The molecule has 0 saturated heterocycles. The third-order valence-electron chi connectivity index (χ3n) is 2.93. The summed E-state index contributed by atoms with van der Waals surface area (Å²) >= 11 is 0. The molecule has 21 heavy (non-hydrogen) atoms. The summed E-state index contributed by atoms with van der Waals surface area (Å²) < 4.78 is 5.15. The Kier molecular flexibility index (Phi) is 4.94. The van der Waals surface area contributed by atoms with Crippen LogP contribution < -0.4 is 10.1 Å². The summed E-state index contributed by atoms with van der Waals surface area (Å²) in [5.41, 5.74) is 2.86.